The van der Waals surface area contributed by atoms with Crippen molar-refractivity contribution in [3.05, 3.63) is 59.1 Å². The minimum Gasteiger partial charge on any atom is -0.356 e. The lowest BCUT2D eigenvalue weighted by Gasteiger charge is -2.31. The lowest BCUT2D eigenvalue weighted by atomic mass is 9.94. The number of carbonyl (C=O) groups is 2. The molecule has 2 amide bonds. The predicted molar refractivity (Wildman–Crippen MR) is 125 cm³/mol. The zero-order chi connectivity index (χ0) is 23.1. The molecule has 1 aliphatic heterocycles. The van der Waals surface area contributed by atoms with Crippen molar-refractivity contribution in [2.45, 2.75) is 37.5 Å². The van der Waals surface area contributed by atoms with Crippen LogP contribution >= 0.6 is 11.6 Å². The molecule has 1 fully saturated rings. The summed E-state index contributed by atoms with van der Waals surface area (Å²) >= 11 is 5.88. The monoisotopic (exact) mass is 477 g/mol. The fourth-order valence-corrected chi connectivity index (χ4v) is 5.34. The molecule has 0 aliphatic carbocycles. The summed E-state index contributed by atoms with van der Waals surface area (Å²) in [4.78, 5) is 23.6. The molecule has 0 unspecified atom stereocenters. The van der Waals surface area contributed by atoms with Gasteiger partial charge in [0.2, 0.25) is 21.8 Å². The molecule has 0 spiro atoms. The van der Waals surface area contributed by atoms with Crippen molar-refractivity contribution in [1.29, 1.82) is 0 Å². The number of benzene rings is 2. The van der Waals surface area contributed by atoms with E-state index in [0.29, 0.717) is 49.6 Å². The number of rotatable bonds is 8. The topological polar surface area (TPSA) is 95.6 Å². The minimum atomic E-state index is -3.60. The number of amides is 2. The summed E-state index contributed by atoms with van der Waals surface area (Å²) in [6, 6.07) is 13.7. The first kappa shape index (κ1) is 24.2. The highest BCUT2D eigenvalue weighted by Gasteiger charge is 2.30. The van der Waals surface area contributed by atoms with E-state index in [1.165, 1.54) is 23.4 Å². The van der Waals surface area contributed by atoms with Crippen molar-refractivity contribution in [2.24, 2.45) is 5.92 Å². The molecule has 1 saturated heterocycles. The van der Waals surface area contributed by atoms with Crippen LogP contribution in [0.25, 0.3) is 0 Å². The van der Waals surface area contributed by atoms with E-state index in [4.69, 9.17) is 11.6 Å². The number of hydrogen-bond acceptors (Lipinski definition) is 4. The van der Waals surface area contributed by atoms with Gasteiger partial charge in [0.05, 0.1) is 4.90 Å². The van der Waals surface area contributed by atoms with Crippen LogP contribution in [0.5, 0.6) is 0 Å². The van der Waals surface area contributed by atoms with Gasteiger partial charge in [0.15, 0.2) is 0 Å². The molecule has 0 radical (unpaired) electrons. The standard InChI is InChI=1S/C23H28ClN3O4S/c1-17(28)26-21-6-8-22(9-7-21)32(30,31)27-14-11-19(12-15-27)16-23(29)25-13-10-18-2-4-20(24)5-3-18/h2-9,19H,10-16H2,1H3,(H,25,29)(H,26,28). The van der Waals surface area contributed by atoms with Crippen LogP contribution in [-0.4, -0.2) is 44.2 Å². The van der Waals surface area contributed by atoms with E-state index in [2.05, 4.69) is 10.6 Å². The van der Waals surface area contributed by atoms with Gasteiger partial charge in [0.25, 0.3) is 0 Å². The molecule has 0 aromatic heterocycles. The number of hydrogen-bond donors (Lipinski definition) is 2. The quantitative estimate of drug-likeness (QED) is 0.608. The lowest BCUT2D eigenvalue weighted by molar-refractivity contribution is -0.122. The number of carbonyl (C=O) groups excluding carboxylic acids is 2. The van der Waals surface area contributed by atoms with Crippen molar-refractivity contribution >= 4 is 39.1 Å². The third-order valence-corrected chi connectivity index (χ3v) is 7.67. The number of anilines is 1. The Morgan fingerprint density at radius 2 is 1.66 bits per heavy atom. The second-order valence-electron chi connectivity index (χ2n) is 7.98. The highest BCUT2D eigenvalue weighted by Crippen LogP contribution is 2.26. The van der Waals surface area contributed by atoms with Crippen molar-refractivity contribution in [2.75, 3.05) is 25.0 Å². The maximum absolute atomic E-state index is 12.9. The van der Waals surface area contributed by atoms with E-state index >= 15 is 0 Å². The Kier molecular flexibility index (Phi) is 8.28. The molecule has 7 nitrogen and oxygen atoms in total. The van der Waals surface area contributed by atoms with Gasteiger partial charge in [-0.25, -0.2) is 8.42 Å². The lowest BCUT2D eigenvalue weighted by Crippen LogP contribution is -2.39. The molecule has 3 rings (SSSR count). The van der Waals surface area contributed by atoms with Gasteiger partial charge in [-0.15, -0.1) is 0 Å². The normalized spacial score (nSPS) is 15.3. The smallest absolute Gasteiger partial charge is 0.243 e. The Bertz CT molecular complexity index is 1030. The summed E-state index contributed by atoms with van der Waals surface area (Å²) in [5, 5.41) is 6.26. The van der Waals surface area contributed by atoms with Crippen LogP contribution in [0.2, 0.25) is 5.02 Å². The number of nitrogens with one attached hydrogen (secondary N) is 2. The largest absolute Gasteiger partial charge is 0.356 e. The second kappa shape index (κ2) is 10.9. The van der Waals surface area contributed by atoms with Gasteiger partial charge >= 0.3 is 0 Å². The van der Waals surface area contributed by atoms with Crippen LogP contribution in [0.4, 0.5) is 5.69 Å². The summed E-state index contributed by atoms with van der Waals surface area (Å²) in [6.45, 7) is 2.73. The fourth-order valence-electron chi connectivity index (χ4n) is 3.75. The van der Waals surface area contributed by atoms with Crippen LogP contribution < -0.4 is 10.6 Å². The van der Waals surface area contributed by atoms with Gasteiger partial charge in [0, 0.05) is 43.7 Å². The predicted octanol–water partition coefficient (Wildman–Crippen LogP) is 3.45. The van der Waals surface area contributed by atoms with E-state index in [0.717, 1.165) is 12.0 Å². The first-order valence-corrected chi connectivity index (χ1v) is 12.4. The summed E-state index contributed by atoms with van der Waals surface area (Å²) in [5.74, 6) is -0.0512. The molecular formula is C23H28ClN3O4S. The Morgan fingerprint density at radius 1 is 1.03 bits per heavy atom. The van der Waals surface area contributed by atoms with Gasteiger partial charge in [-0.3, -0.25) is 9.59 Å². The second-order valence-corrected chi connectivity index (χ2v) is 10.4. The Hall–Kier alpha value is -2.42. The third-order valence-electron chi connectivity index (χ3n) is 5.51. The van der Waals surface area contributed by atoms with E-state index < -0.39 is 10.0 Å². The van der Waals surface area contributed by atoms with Crippen LogP contribution in [0.1, 0.15) is 31.7 Å². The Labute approximate surface area is 194 Å². The van der Waals surface area contributed by atoms with Crippen molar-refractivity contribution < 1.29 is 18.0 Å². The van der Waals surface area contributed by atoms with Gasteiger partial charge in [-0.1, -0.05) is 23.7 Å². The van der Waals surface area contributed by atoms with Gasteiger partial charge in [-0.2, -0.15) is 4.31 Å². The molecule has 0 saturated carbocycles. The first-order chi connectivity index (χ1) is 15.2. The van der Waals surface area contributed by atoms with Crippen LogP contribution in [0.3, 0.4) is 0 Å². The Balaban J connectivity index is 1.44. The fraction of sp³-hybridized carbons (Fsp3) is 0.391. The average Bonchev–Trinajstić information content (AvgIpc) is 2.75. The zero-order valence-electron chi connectivity index (χ0n) is 18.0. The number of nitrogens with zero attached hydrogens (tertiary/aromatic N) is 1. The van der Waals surface area contributed by atoms with Gasteiger partial charge in [0.1, 0.15) is 0 Å². The summed E-state index contributed by atoms with van der Waals surface area (Å²) < 4.78 is 27.3. The van der Waals surface area contributed by atoms with Crippen LogP contribution in [-0.2, 0) is 26.0 Å². The summed E-state index contributed by atoms with van der Waals surface area (Å²) in [5.41, 5.74) is 1.66. The third kappa shape index (κ3) is 6.79. The summed E-state index contributed by atoms with van der Waals surface area (Å²) in [6.07, 6.45) is 2.43. The molecular weight excluding hydrogens is 450 g/mol. The molecule has 2 aromatic rings. The molecule has 172 valence electrons. The molecule has 0 bridgehead atoms. The van der Waals surface area contributed by atoms with Crippen molar-refractivity contribution in [3.8, 4) is 0 Å². The highest BCUT2D eigenvalue weighted by atomic mass is 35.5. The molecule has 1 aliphatic rings. The number of halogens is 1. The van der Waals surface area contributed by atoms with Crippen LogP contribution in [0.15, 0.2) is 53.4 Å². The van der Waals surface area contributed by atoms with E-state index in [1.807, 2.05) is 24.3 Å². The SMILES string of the molecule is CC(=O)Nc1ccc(S(=O)(=O)N2CCC(CC(=O)NCCc3ccc(Cl)cc3)CC2)cc1. The zero-order valence-corrected chi connectivity index (χ0v) is 19.6. The van der Waals surface area contributed by atoms with Crippen molar-refractivity contribution in [3.63, 3.8) is 0 Å². The first-order valence-electron chi connectivity index (χ1n) is 10.6. The molecule has 0 atom stereocenters. The molecule has 1 heterocycles. The minimum absolute atomic E-state index is 0.00571. The highest BCUT2D eigenvalue weighted by molar-refractivity contribution is 7.89. The van der Waals surface area contributed by atoms with Gasteiger partial charge < -0.3 is 10.6 Å². The Morgan fingerprint density at radius 3 is 2.25 bits per heavy atom. The molecule has 2 aromatic carbocycles. The van der Waals surface area contributed by atoms with Gasteiger partial charge in [-0.05, 0) is 67.1 Å². The number of piperidine rings is 1. The van der Waals surface area contributed by atoms with E-state index in [1.54, 1.807) is 12.1 Å². The molecule has 2 N–H and O–H groups in total. The maximum atomic E-state index is 12.9. The van der Waals surface area contributed by atoms with E-state index in [9.17, 15) is 18.0 Å². The maximum Gasteiger partial charge on any atom is 0.243 e. The summed E-state index contributed by atoms with van der Waals surface area (Å²) in [7, 11) is -3.60. The average molecular weight is 478 g/mol. The van der Waals surface area contributed by atoms with Crippen LogP contribution in [0, 0.1) is 5.92 Å². The molecule has 9 heteroatoms. The molecule has 32 heavy (non-hydrogen) atoms. The van der Waals surface area contributed by atoms with Crippen molar-refractivity contribution in [1.82, 2.24) is 9.62 Å². The number of sulfonamides is 1. The van der Waals surface area contributed by atoms with E-state index in [-0.39, 0.29) is 22.6 Å².